The highest BCUT2D eigenvalue weighted by molar-refractivity contribution is 6.01. The molecule has 0 bridgehead atoms. The van der Waals surface area contributed by atoms with Crippen molar-refractivity contribution in [3.05, 3.63) is 95.7 Å². The number of carbonyl (C=O) groups is 1. The van der Waals surface area contributed by atoms with Crippen molar-refractivity contribution < 1.29 is 4.79 Å². The van der Waals surface area contributed by atoms with Crippen molar-refractivity contribution in [1.82, 2.24) is 4.90 Å². The number of nitriles is 3. The number of nitrogens with zero attached hydrogens (tertiary/aromatic N) is 5. The standard InChI is InChI=1S/C28H22N6O/c29-18-22(19-30)27(20-31)32-23-10-12-24(13-11-23)33-14-16-34(17-15-33)28(35)26-9-5-4-8-25(26)21-6-2-1-3-7-21/h1-13,32H,14-17H2. The Labute approximate surface area is 204 Å². The molecule has 170 valence electrons. The zero-order valence-corrected chi connectivity index (χ0v) is 19.0. The van der Waals surface area contributed by atoms with E-state index < -0.39 is 0 Å². The van der Waals surface area contributed by atoms with E-state index in [1.807, 2.05) is 77.7 Å². The molecule has 1 saturated heterocycles. The van der Waals surface area contributed by atoms with Crippen LogP contribution in [0.25, 0.3) is 11.1 Å². The third-order valence-electron chi connectivity index (χ3n) is 5.90. The van der Waals surface area contributed by atoms with Crippen LogP contribution in [0.15, 0.2) is 90.1 Å². The summed E-state index contributed by atoms with van der Waals surface area (Å²) in [4.78, 5) is 17.4. The molecule has 4 rings (SSSR count). The second-order valence-electron chi connectivity index (χ2n) is 7.95. The summed E-state index contributed by atoms with van der Waals surface area (Å²) in [5.74, 6) is 0.0326. The van der Waals surface area contributed by atoms with E-state index >= 15 is 0 Å². The van der Waals surface area contributed by atoms with Crippen LogP contribution in [-0.4, -0.2) is 37.0 Å². The number of anilines is 2. The summed E-state index contributed by atoms with van der Waals surface area (Å²) in [6.45, 7) is 2.61. The van der Waals surface area contributed by atoms with Crippen molar-refractivity contribution in [3.8, 4) is 29.3 Å². The van der Waals surface area contributed by atoms with E-state index in [2.05, 4.69) is 10.2 Å². The number of piperazine rings is 1. The van der Waals surface area contributed by atoms with Gasteiger partial charge in [-0.25, -0.2) is 0 Å². The lowest BCUT2D eigenvalue weighted by molar-refractivity contribution is 0.0747. The van der Waals surface area contributed by atoms with Crippen LogP contribution in [0.4, 0.5) is 11.4 Å². The molecule has 0 unspecified atom stereocenters. The number of benzene rings is 3. The summed E-state index contributed by atoms with van der Waals surface area (Å²) in [7, 11) is 0. The first-order chi connectivity index (χ1) is 17.1. The molecule has 0 saturated carbocycles. The fourth-order valence-corrected chi connectivity index (χ4v) is 4.06. The van der Waals surface area contributed by atoms with Gasteiger partial charge in [0, 0.05) is 43.1 Å². The molecule has 1 heterocycles. The highest BCUT2D eigenvalue weighted by atomic mass is 16.2. The van der Waals surface area contributed by atoms with E-state index in [9.17, 15) is 10.1 Å². The number of hydrogen-bond donors (Lipinski definition) is 1. The Morgan fingerprint density at radius 2 is 1.37 bits per heavy atom. The molecule has 1 aliphatic heterocycles. The molecular weight excluding hydrogens is 436 g/mol. The van der Waals surface area contributed by atoms with Crippen LogP contribution in [0.3, 0.4) is 0 Å². The van der Waals surface area contributed by atoms with Crippen LogP contribution < -0.4 is 10.2 Å². The highest BCUT2D eigenvalue weighted by Gasteiger charge is 2.24. The van der Waals surface area contributed by atoms with Crippen molar-refractivity contribution >= 4 is 17.3 Å². The van der Waals surface area contributed by atoms with Gasteiger partial charge in [0.25, 0.3) is 5.91 Å². The van der Waals surface area contributed by atoms with Gasteiger partial charge >= 0.3 is 0 Å². The summed E-state index contributed by atoms with van der Waals surface area (Å²) < 4.78 is 0. The molecular formula is C28H22N6O. The normalized spacial score (nSPS) is 12.6. The molecule has 1 aliphatic rings. The zero-order chi connectivity index (χ0) is 24.6. The summed E-state index contributed by atoms with van der Waals surface area (Å²) >= 11 is 0. The van der Waals surface area contributed by atoms with Crippen LogP contribution in [0.2, 0.25) is 0 Å². The fourth-order valence-electron chi connectivity index (χ4n) is 4.06. The molecule has 7 heteroatoms. The van der Waals surface area contributed by atoms with Crippen molar-refractivity contribution in [2.75, 3.05) is 36.4 Å². The molecule has 1 fully saturated rings. The smallest absolute Gasteiger partial charge is 0.254 e. The molecule has 35 heavy (non-hydrogen) atoms. The van der Waals surface area contributed by atoms with Gasteiger partial charge in [0.1, 0.15) is 23.9 Å². The van der Waals surface area contributed by atoms with Gasteiger partial charge in [-0.3, -0.25) is 4.79 Å². The van der Waals surface area contributed by atoms with Gasteiger partial charge in [0.15, 0.2) is 5.57 Å². The van der Waals surface area contributed by atoms with Crippen LogP contribution in [0, 0.1) is 34.0 Å². The predicted molar refractivity (Wildman–Crippen MR) is 134 cm³/mol. The van der Waals surface area contributed by atoms with E-state index in [-0.39, 0.29) is 17.2 Å². The molecule has 1 amide bonds. The Morgan fingerprint density at radius 1 is 0.743 bits per heavy atom. The third kappa shape index (κ3) is 5.14. The Kier molecular flexibility index (Phi) is 7.07. The molecule has 1 N–H and O–H groups in total. The largest absolute Gasteiger partial charge is 0.368 e. The maximum atomic E-state index is 13.3. The van der Waals surface area contributed by atoms with Crippen molar-refractivity contribution in [1.29, 1.82) is 15.8 Å². The molecule has 0 radical (unpaired) electrons. The van der Waals surface area contributed by atoms with Crippen molar-refractivity contribution in [2.45, 2.75) is 0 Å². The minimum absolute atomic E-state index is 0.0326. The van der Waals surface area contributed by atoms with Crippen LogP contribution in [0.5, 0.6) is 0 Å². The van der Waals surface area contributed by atoms with Crippen LogP contribution >= 0.6 is 0 Å². The number of rotatable bonds is 5. The Morgan fingerprint density at radius 3 is 2.00 bits per heavy atom. The van der Waals surface area contributed by atoms with Gasteiger partial charge < -0.3 is 15.1 Å². The van der Waals surface area contributed by atoms with Gasteiger partial charge in [-0.05, 0) is 41.5 Å². The maximum absolute atomic E-state index is 13.3. The minimum Gasteiger partial charge on any atom is -0.368 e. The number of nitrogens with one attached hydrogen (secondary N) is 1. The highest BCUT2D eigenvalue weighted by Crippen LogP contribution is 2.26. The van der Waals surface area contributed by atoms with Gasteiger partial charge in [0.2, 0.25) is 0 Å². The summed E-state index contributed by atoms with van der Waals surface area (Å²) in [6.07, 6.45) is 0. The quantitative estimate of drug-likeness (QED) is 0.562. The Hall–Kier alpha value is -5.06. The average molecular weight is 459 g/mol. The molecule has 0 aliphatic carbocycles. The first-order valence-corrected chi connectivity index (χ1v) is 11.1. The first kappa shape index (κ1) is 23.1. The summed E-state index contributed by atoms with van der Waals surface area (Å²) in [5, 5.41) is 30.0. The minimum atomic E-state index is -0.258. The lowest BCUT2D eigenvalue weighted by atomic mass is 9.98. The lowest BCUT2D eigenvalue weighted by Crippen LogP contribution is -2.48. The fraction of sp³-hybridized carbons (Fsp3) is 0.143. The number of amides is 1. The second kappa shape index (κ2) is 10.7. The molecule has 7 nitrogen and oxygen atoms in total. The maximum Gasteiger partial charge on any atom is 0.254 e. The molecule has 0 aromatic heterocycles. The van der Waals surface area contributed by atoms with Gasteiger partial charge in [-0.15, -0.1) is 0 Å². The van der Waals surface area contributed by atoms with Gasteiger partial charge in [0.05, 0.1) is 0 Å². The zero-order valence-electron chi connectivity index (χ0n) is 19.0. The van der Waals surface area contributed by atoms with Crippen LogP contribution in [0.1, 0.15) is 10.4 Å². The van der Waals surface area contributed by atoms with Crippen LogP contribution in [-0.2, 0) is 0 Å². The average Bonchev–Trinajstić information content (AvgIpc) is 2.93. The molecule has 0 atom stereocenters. The van der Waals surface area contributed by atoms with Gasteiger partial charge in [-0.1, -0.05) is 48.5 Å². The first-order valence-electron chi connectivity index (χ1n) is 11.1. The Bertz CT molecular complexity index is 1350. The van der Waals surface area contributed by atoms with E-state index in [0.29, 0.717) is 37.4 Å². The second-order valence-corrected chi connectivity index (χ2v) is 7.95. The molecule has 0 spiro atoms. The predicted octanol–water partition coefficient (Wildman–Crippen LogP) is 4.55. The van der Waals surface area contributed by atoms with Crippen molar-refractivity contribution in [2.24, 2.45) is 0 Å². The third-order valence-corrected chi connectivity index (χ3v) is 5.90. The molecule has 3 aromatic carbocycles. The summed E-state index contributed by atoms with van der Waals surface area (Å²) in [5.41, 5.74) is 3.94. The number of hydrogen-bond acceptors (Lipinski definition) is 6. The number of allylic oxidation sites excluding steroid dienone is 2. The number of carbonyl (C=O) groups excluding carboxylic acids is 1. The van der Waals surface area contributed by atoms with Gasteiger partial charge in [-0.2, -0.15) is 15.8 Å². The van der Waals surface area contributed by atoms with E-state index in [4.69, 9.17) is 10.5 Å². The monoisotopic (exact) mass is 458 g/mol. The van der Waals surface area contributed by atoms with E-state index in [1.54, 1.807) is 24.3 Å². The lowest BCUT2D eigenvalue weighted by Gasteiger charge is -2.36. The van der Waals surface area contributed by atoms with Crippen molar-refractivity contribution in [3.63, 3.8) is 0 Å². The SMILES string of the molecule is N#CC(C#N)=C(C#N)Nc1ccc(N2CCN(C(=O)c3ccccc3-c3ccccc3)CC2)cc1. The Balaban J connectivity index is 1.42. The van der Waals surface area contributed by atoms with E-state index in [1.165, 1.54) is 0 Å². The van der Waals surface area contributed by atoms with E-state index in [0.717, 1.165) is 16.8 Å². The molecule has 3 aromatic rings. The topological polar surface area (TPSA) is 107 Å². The summed E-state index contributed by atoms with van der Waals surface area (Å²) in [6, 6.07) is 30.4.